The van der Waals surface area contributed by atoms with E-state index in [0.717, 1.165) is 12.8 Å². The summed E-state index contributed by atoms with van der Waals surface area (Å²) >= 11 is 0. The number of likely N-dealkylation sites (tertiary alicyclic amines) is 1. The van der Waals surface area contributed by atoms with Crippen molar-refractivity contribution in [2.24, 2.45) is 5.92 Å². The molecule has 8 heteroatoms. The van der Waals surface area contributed by atoms with Crippen LogP contribution >= 0.6 is 0 Å². The van der Waals surface area contributed by atoms with E-state index in [-0.39, 0.29) is 24.3 Å². The van der Waals surface area contributed by atoms with Crippen LogP contribution in [-0.2, 0) is 9.53 Å². The molecule has 1 atom stereocenters. The lowest BCUT2D eigenvalue weighted by atomic mass is 9.96. The minimum atomic E-state index is -0.908. The average molecular weight is 437 g/mol. The Morgan fingerprint density at radius 1 is 1.00 bits per heavy atom. The number of ether oxygens (including phenoxy) is 1. The van der Waals surface area contributed by atoms with E-state index in [1.54, 1.807) is 34.1 Å². The fraction of sp³-hybridized carbons (Fsp3) is 0.458. The standard InChI is InChI=1S/C24H27N3O5/c28-21(25-15-17-8-9-17)19-16-32-24(27(19)22(29)18-5-2-1-3-6-18)10-12-26(13-11-24)23(30)20-7-4-14-31-20/h1-7,14,17,19H,8-13,15-16H2,(H,25,28). The Morgan fingerprint density at radius 3 is 2.41 bits per heavy atom. The fourth-order valence-electron chi connectivity index (χ4n) is 4.59. The van der Waals surface area contributed by atoms with E-state index in [0.29, 0.717) is 49.7 Å². The molecule has 3 fully saturated rings. The van der Waals surface area contributed by atoms with Crippen LogP contribution in [0.3, 0.4) is 0 Å². The lowest BCUT2D eigenvalue weighted by molar-refractivity contribution is -0.128. The van der Waals surface area contributed by atoms with Crippen molar-refractivity contribution in [1.29, 1.82) is 0 Å². The number of nitrogens with zero attached hydrogens (tertiary/aromatic N) is 2. The van der Waals surface area contributed by atoms with Gasteiger partial charge in [0, 0.05) is 38.0 Å². The first-order valence-electron chi connectivity index (χ1n) is 11.2. The van der Waals surface area contributed by atoms with Gasteiger partial charge in [-0.25, -0.2) is 0 Å². The molecule has 1 N–H and O–H groups in total. The zero-order valence-corrected chi connectivity index (χ0v) is 17.9. The molecule has 3 aliphatic rings. The van der Waals surface area contributed by atoms with Crippen LogP contribution in [0.5, 0.6) is 0 Å². The summed E-state index contributed by atoms with van der Waals surface area (Å²) in [5.41, 5.74) is -0.388. The maximum atomic E-state index is 13.6. The number of hydrogen-bond acceptors (Lipinski definition) is 5. The van der Waals surface area contributed by atoms with Crippen LogP contribution in [0.4, 0.5) is 0 Å². The topological polar surface area (TPSA) is 92.1 Å². The highest BCUT2D eigenvalue weighted by Crippen LogP contribution is 2.39. The van der Waals surface area contributed by atoms with E-state index >= 15 is 0 Å². The summed E-state index contributed by atoms with van der Waals surface area (Å²) in [5, 5.41) is 3.00. The molecular formula is C24H27N3O5. The van der Waals surface area contributed by atoms with Crippen molar-refractivity contribution >= 4 is 17.7 Å². The number of benzene rings is 1. The predicted octanol–water partition coefficient (Wildman–Crippen LogP) is 2.28. The molecule has 3 heterocycles. The van der Waals surface area contributed by atoms with Gasteiger partial charge in [0.2, 0.25) is 5.91 Å². The number of furan rings is 1. The third-order valence-corrected chi connectivity index (χ3v) is 6.63. The lowest BCUT2D eigenvalue weighted by Gasteiger charge is -2.44. The summed E-state index contributed by atoms with van der Waals surface area (Å²) in [7, 11) is 0. The van der Waals surface area contributed by atoms with Crippen molar-refractivity contribution in [2.45, 2.75) is 37.5 Å². The molecule has 8 nitrogen and oxygen atoms in total. The fourth-order valence-corrected chi connectivity index (χ4v) is 4.59. The molecular weight excluding hydrogens is 410 g/mol. The molecule has 1 aromatic carbocycles. The Labute approximate surface area is 186 Å². The predicted molar refractivity (Wildman–Crippen MR) is 115 cm³/mol. The molecule has 168 valence electrons. The number of carbonyl (C=O) groups is 3. The summed E-state index contributed by atoms with van der Waals surface area (Å²) in [6.07, 6.45) is 4.62. The maximum Gasteiger partial charge on any atom is 0.289 e. The van der Waals surface area contributed by atoms with E-state index in [1.807, 2.05) is 18.2 Å². The van der Waals surface area contributed by atoms with E-state index in [2.05, 4.69) is 5.32 Å². The Morgan fingerprint density at radius 2 is 1.75 bits per heavy atom. The molecule has 2 aromatic rings. The van der Waals surface area contributed by atoms with Crippen LogP contribution in [0.15, 0.2) is 53.1 Å². The van der Waals surface area contributed by atoms with Gasteiger partial charge >= 0.3 is 0 Å². The Hall–Kier alpha value is -3.13. The van der Waals surface area contributed by atoms with Crippen molar-refractivity contribution in [3.63, 3.8) is 0 Å². The van der Waals surface area contributed by atoms with Gasteiger partial charge in [-0.2, -0.15) is 0 Å². The number of hydrogen-bond donors (Lipinski definition) is 1. The van der Waals surface area contributed by atoms with Crippen LogP contribution < -0.4 is 5.32 Å². The van der Waals surface area contributed by atoms with E-state index in [1.165, 1.54) is 6.26 Å². The van der Waals surface area contributed by atoms with Crippen molar-refractivity contribution in [2.75, 3.05) is 26.2 Å². The normalized spacial score (nSPS) is 22.2. The molecule has 0 radical (unpaired) electrons. The Balaban J connectivity index is 1.36. The van der Waals surface area contributed by atoms with Crippen LogP contribution in [0.2, 0.25) is 0 Å². The van der Waals surface area contributed by atoms with Gasteiger partial charge in [-0.1, -0.05) is 18.2 Å². The second-order valence-electron chi connectivity index (χ2n) is 8.77. The second-order valence-corrected chi connectivity index (χ2v) is 8.77. The summed E-state index contributed by atoms with van der Waals surface area (Å²) in [4.78, 5) is 42.6. The molecule has 2 saturated heterocycles. The van der Waals surface area contributed by atoms with E-state index in [9.17, 15) is 14.4 Å². The zero-order valence-electron chi connectivity index (χ0n) is 17.9. The molecule has 0 bridgehead atoms. The monoisotopic (exact) mass is 437 g/mol. The van der Waals surface area contributed by atoms with Gasteiger partial charge in [0.05, 0.1) is 12.9 Å². The summed E-state index contributed by atoms with van der Waals surface area (Å²) in [5.74, 6) is 0.266. The quantitative estimate of drug-likeness (QED) is 0.775. The van der Waals surface area contributed by atoms with Gasteiger partial charge in [0.15, 0.2) is 5.76 Å². The SMILES string of the molecule is O=C(NCC1CC1)C1COC2(CCN(C(=O)c3ccco3)CC2)N1C(=O)c1ccccc1. The van der Waals surface area contributed by atoms with Crippen molar-refractivity contribution < 1.29 is 23.5 Å². The van der Waals surface area contributed by atoms with E-state index < -0.39 is 11.8 Å². The molecule has 1 aliphatic carbocycles. The summed E-state index contributed by atoms with van der Waals surface area (Å²) < 4.78 is 11.4. The molecule has 3 amide bonds. The highest BCUT2D eigenvalue weighted by atomic mass is 16.5. The van der Waals surface area contributed by atoms with Crippen LogP contribution in [0.1, 0.15) is 46.6 Å². The minimum Gasteiger partial charge on any atom is -0.459 e. The van der Waals surface area contributed by atoms with Gasteiger partial charge in [-0.05, 0) is 43.0 Å². The highest BCUT2D eigenvalue weighted by molar-refractivity contribution is 5.98. The average Bonchev–Trinajstić information content (AvgIpc) is 3.35. The van der Waals surface area contributed by atoms with Crippen LogP contribution in [0.25, 0.3) is 0 Å². The number of carbonyl (C=O) groups excluding carboxylic acids is 3. The number of amides is 3. The third kappa shape index (κ3) is 3.90. The van der Waals surface area contributed by atoms with Crippen molar-refractivity contribution in [1.82, 2.24) is 15.1 Å². The number of rotatable bonds is 5. The van der Waals surface area contributed by atoms with Gasteiger partial charge in [0.1, 0.15) is 11.8 Å². The number of piperidine rings is 1. The molecule has 2 aliphatic heterocycles. The largest absolute Gasteiger partial charge is 0.459 e. The van der Waals surface area contributed by atoms with Crippen molar-refractivity contribution in [3.8, 4) is 0 Å². The minimum absolute atomic E-state index is 0.154. The summed E-state index contributed by atoms with van der Waals surface area (Å²) in [6.45, 7) is 1.62. The first-order chi connectivity index (χ1) is 15.6. The Bertz CT molecular complexity index is 978. The molecule has 5 rings (SSSR count). The second kappa shape index (κ2) is 8.43. The van der Waals surface area contributed by atoms with Gasteiger partial charge in [-0.3, -0.25) is 19.3 Å². The summed E-state index contributed by atoms with van der Waals surface area (Å²) in [6, 6.07) is 11.6. The lowest BCUT2D eigenvalue weighted by Crippen LogP contribution is -2.59. The number of nitrogens with one attached hydrogen (secondary N) is 1. The van der Waals surface area contributed by atoms with Gasteiger partial charge < -0.3 is 19.4 Å². The Kier molecular flexibility index (Phi) is 5.46. The molecule has 1 aromatic heterocycles. The third-order valence-electron chi connectivity index (χ3n) is 6.63. The van der Waals surface area contributed by atoms with E-state index in [4.69, 9.17) is 9.15 Å². The van der Waals surface area contributed by atoms with Gasteiger partial charge in [0.25, 0.3) is 11.8 Å². The molecule has 32 heavy (non-hydrogen) atoms. The zero-order chi connectivity index (χ0) is 22.1. The molecule has 1 unspecified atom stereocenters. The van der Waals surface area contributed by atoms with Gasteiger partial charge in [-0.15, -0.1) is 0 Å². The van der Waals surface area contributed by atoms with Crippen LogP contribution in [-0.4, -0.2) is 65.5 Å². The highest BCUT2D eigenvalue weighted by Gasteiger charge is 2.54. The smallest absolute Gasteiger partial charge is 0.289 e. The molecule has 1 spiro atoms. The van der Waals surface area contributed by atoms with Crippen LogP contribution in [0, 0.1) is 5.92 Å². The van der Waals surface area contributed by atoms with Crippen molar-refractivity contribution in [3.05, 3.63) is 60.1 Å². The molecule has 1 saturated carbocycles. The first-order valence-corrected chi connectivity index (χ1v) is 11.2. The maximum absolute atomic E-state index is 13.6. The first kappa shape index (κ1) is 20.8.